The lowest BCUT2D eigenvalue weighted by atomic mass is 9.98. The Morgan fingerprint density at radius 2 is 1.53 bits per heavy atom. The van der Waals surface area contributed by atoms with E-state index >= 15 is 0 Å². The van der Waals surface area contributed by atoms with E-state index < -0.39 is 16.7 Å². The monoisotopic (exact) mass is 434 g/mol. The molecular formula is C26H27FN2O3. The van der Waals surface area contributed by atoms with Crippen molar-refractivity contribution in [1.29, 1.82) is 0 Å². The van der Waals surface area contributed by atoms with Crippen molar-refractivity contribution in [1.82, 2.24) is 5.32 Å². The maximum Gasteiger partial charge on any atom is 0.346 e. The fraction of sp³-hybridized carbons (Fsp3) is 0.269. The molecule has 6 heteroatoms. The first-order valence-corrected chi connectivity index (χ1v) is 10.8. The molecule has 0 spiro atoms. The number of carbonyl (C=O) groups excluding carboxylic acids is 1. The van der Waals surface area contributed by atoms with Crippen LogP contribution in [0.1, 0.15) is 33.1 Å². The quantitative estimate of drug-likeness (QED) is 0.292. The van der Waals surface area contributed by atoms with Crippen LogP contribution in [0.5, 0.6) is 0 Å². The summed E-state index contributed by atoms with van der Waals surface area (Å²) in [5.74, 6) is -0.448. The van der Waals surface area contributed by atoms with E-state index in [-0.39, 0.29) is 38.9 Å². The fourth-order valence-electron chi connectivity index (χ4n) is 4.06. The van der Waals surface area contributed by atoms with Crippen LogP contribution < -0.4 is 5.32 Å². The van der Waals surface area contributed by atoms with Gasteiger partial charge in [0.05, 0.1) is 24.8 Å². The Morgan fingerprint density at radius 1 is 0.938 bits per heavy atom. The molecule has 166 valence electrons. The van der Waals surface area contributed by atoms with E-state index in [9.17, 15) is 14.4 Å². The lowest BCUT2D eigenvalue weighted by Crippen LogP contribution is -2.45. The number of quaternary nitrogens is 1. The number of ether oxygens (including phenoxy) is 1. The van der Waals surface area contributed by atoms with Crippen molar-refractivity contribution < 1.29 is 18.6 Å². The van der Waals surface area contributed by atoms with Gasteiger partial charge in [-0.05, 0) is 17.2 Å². The number of halogens is 1. The average molecular weight is 435 g/mol. The summed E-state index contributed by atoms with van der Waals surface area (Å²) in [5, 5.41) is 16.2. The van der Waals surface area contributed by atoms with E-state index in [1.807, 2.05) is 66.7 Å². The largest absolute Gasteiger partial charge is 0.625 e. The zero-order chi connectivity index (χ0) is 22.4. The van der Waals surface area contributed by atoms with Crippen LogP contribution in [0.3, 0.4) is 0 Å². The number of fused-ring (bicyclic) bond motifs is 1. The highest BCUT2D eigenvalue weighted by atomic mass is 19.1. The summed E-state index contributed by atoms with van der Waals surface area (Å²) in [6.07, 6.45) is -1.24. The minimum absolute atomic E-state index is 0.0235. The first-order valence-electron chi connectivity index (χ1n) is 10.8. The molecule has 0 radical (unpaired) electrons. The van der Waals surface area contributed by atoms with Gasteiger partial charge in [-0.1, -0.05) is 78.9 Å². The van der Waals surface area contributed by atoms with Crippen molar-refractivity contribution in [2.24, 2.45) is 0 Å². The lowest BCUT2D eigenvalue weighted by molar-refractivity contribution is -0.808. The van der Waals surface area contributed by atoms with E-state index in [2.05, 4.69) is 5.32 Å². The zero-order valence-corrected chi connectivity index (χ0v) is 17.8. The summed E-state index contributed by atoms with van der Waals surface area (Å²) in [6.45, 7) is 0.0875. The van der Waals surface area contributed by atoms with E-state index in [0.29, 0.717) is 5.56 Å². The molecule has 0 fully saturated rings. The predicted octanol–water partition coefficient (Wildman–Crippen LogP) is 4.39. The first-order chi connectivity index (χ1) is 15.6. The molecule has 2 unspecified atom stereocenters. The molecule has 0 saturated heterocycles. The Bertz CT molecular complexity index is 992. The minimum atomic E-state index is -1.24. The van der Waals surface area contributed by atoms with E-state index in [0.717, 1.165) is 16.7 Å². The fourth-order valence-corrected chi connectivity index (χ4v) is 4.06. The highest BCUT2D eigenvalue weighted by Crippen LogP contribution is 2.28. The van der Waals surface area contributed by atoms with Gasteiger partial charge >= 0.3 is 5.91 Å². The van der Waals surface area contributed by atoms with Crippen molar-refractivity contribution in [3.05, 3.63) is 112 Å². The van der Waals surface area contributed by atoms with E-state index in [1.165, 1.54) is 0 Å². The molecule has 2 atom stereocenters. The Labute approximate surface area is 187 Å². The molecular weight excluding hydrogens is 407 g/mol. The number of nitrogens with zero attached hydrogens (tertiary/aromatic N) is 1. The normalized spacial score (nSPS) is 18.7. The Morgan fingerprint density at radius 3 is 2.16 bits per heavy atom. The topological polar surface area (TPSA) is 61.4 Å². The Hall–Kier alpha value is -2.90. The number of amides is 1. The molecule has 5 nitrogen and oxygen atoms in total. The maximum absolute atomic E-state index is 14.5. The number of hydroxylamine groups is 3. The molecule has 4 rings (SSSR count). The van der Waals surface area contributed by atoms with Gasteiger partial charge in [0.15, 0.2) is 0 Å². The number of hydrogen-bond donors (Lipinski definition) is 1. The second kappa shape index (κ2) is 10.1. The van der Waals surface area contributed by atoms with Gasteiger partial charge in [0, 0.05) is 12.1 Å². The van der Waals surface area contributed by atoms with Gasteiger partial charge in [-0.25, -0.2) is 9.18 Å². The SMILES string of the molecule is O=C1c2ccccc2C[N+]1([O-])CCOCC(F)CNC(c1ccccc1)c1ccccc1. The van der Waals surface area contributed by atoms with Crippen molar-refractivity contribution in [2.75, 3.05) is 26.3 Å². The van der Waals surface area contributed by atoms with Crippen LogP contribution in [0.2, 0.25) is 0 Å². The molecule has 3 aromatic rings. The van der Waals surface area contributed by atoms with Gasteiger partial charge in [0.25, 0.3) is 0 Å². The standard InChI is InChI=1S/C26H27FN2O3/c27-23(17-28-25(20-9-3-1-4-10-20)21-11-5-2-6-12-21)19-32-16-15-29(31)18-22-13-7-8-14-24(22)26(29)30/h1-14,23,25,28H,15-19H2. The lowest BCUT2D eigenvalue weighted by Gasteiger charge is -2.35. The van der Waals surface area contributed by atoms with Crippen LogP contribution in [0.4, 0.5) is 4.39 Å². The molecule has 0 saturated carbocycles. The Balaban J connectivity index is 1.26. The van der Waals surface area contributed by atoms with Crippen LogP contribution in [0.15, 0.2) is 84.9 Å². The minimum Gasteiger partial charge on any atom is -0.625 e. The highest BCUT2D eigenvalue weighted by molar-refractivity contribution is 5.92. The summed E-state index contributed by atoms with van der Waals surface area (Å²) >= 11 is 0. The van der Waals surface area contributed by atoms with Crippen LogP contribution in [-0.2, 0) is 11.3 Å². The molecule has 0 bridgehead atoms. The number of benzene rings is 3. The Kier molecular flexibility index (Phi) is 7.07. The second-order valence-electron chi connectivity index (χ2n) is 8.07. The molecule has 1 aliphatic rings. The molecule has 1 N–H and O–H groups in total. The molecule has 1 heterocycles. The third-order valence-electron chi connectivity index (χ3n) is 5.75. The smallest absolute Gasteiger partial charge is 0.346 e. The summed E-state index contributed by atoms with van der Waals surface area (Å²) in [7, 11) is 0. The number of carbonyl (C=O) groups is 1. The zero-order valence-electron chi connectivity index (χ0n) is 17.8. The van der Waals surface area contributed by atoms with Crippen molar-refractivity contribution >= 4 is 5.91 Å². The van der Waals surface area contributed by atoms with Gasteiger partial charge < -0.3 is 15.3 Å². The number of hydrogen-bond acceptors (Lipinski definition) is 4. The highest BCUT2D eigenvalue weighted by Gasteiger charge is 2.38. The van der Waals surface area contributed by atoms with Gasteiger partial charge in [0.1, 0.15) is 19.3 Å². The van der Waals surface area contributed by atoms with Gasteiger partial charge in [-0.15, -0.1) is 0 Å². The predicted molar refractivity (Wildman–Crippen MR) is 121 cm³/mol. The van der Waals surface area contributed by atoms with Crippen molar-refractivity contribution in [3.8, 4) is 0 Å². The molecule has 1 aliphatic heterocycles. The van der Waals surface area contributed by atoms with Crippen LogP contribution >= 0.6 is 0 Å². The van der Waals surface area contributed by atoms with Gasteiger partial charge in [-0.3, -0.25) is 4.65 Å². The summed E-state index contributed by atoms with van der Waals surface area (Å²) in [5.41, 5.74) is 3.34. The van der Waals surface area contributed by atoms with Gasteiger partial charge in [-0.2, -0.15) is 0 Å². The molecule has 32 heavy (non-hydrogen) atoms. The third-order valence-corrected chi connectivity index (χ3v) is 5.75. The van der Waals surface area contributed by atoms with Crippen molar-refractivity contribution in [3.63, 3.8) is 0 Å². The summed E-state index contributed by atoms with van der Waals surface area (Å²) in [6, 6.07) is 26.7. The number of alkyl halides is 1. The van der Waals surface area contributed by atoms with E-state index in [4.69, 9.17) is 4.74 Å². The number of rotatable bonds is 10. The van der Waals surface area contributed by atoms with Crippen LogP contribution in [0, 0.1) is 5.21 Å². The molecule has 0 aromatic heterocycles. The average Bonchev–Trinajstić information content (AvgIpc) is 3.08. The number of nitrogens with one attached hydrogen (secondary N) is 1. The van der Waals surface area contributed by atoms with Crippen LogP contribution in [-0.4, -0.2) is 43.0 Å². The molecule has 3 aromatic carbocycles. The summed E-state index contributed by atoms with van der Waals surface area (Å²) < 4.78 is 19.0. The van der Waals surface area contributed by atoms with Gasteiger partial charge in [0.2, 0.25) is 0 Å². The summed E-state index contributed by atoms with van der Waals surface area (Å²) in [4.78, 5) is 12.4. The third kappa shape index (κ3) is 5.11. The molecule has 0 aliphatic carbocycles. The van der Waals surface area contributed by atoms with Crippen molar-refractivity contribution in [2.45, 2.75) is 18.8 Å². The molecule has 1 amide bonds. The maximum atomic E-state index is 14.5. The first kappa shape index (κ1) is 22.3. The van der Waals surface area contributed by atoms with E-state index in [1.54, 1.807) is 18.2 Å². The second-order valence-corrected chi connectivity index (χ2v) is 8.07. The van der Waals surface area contributed by atoms with Crippen LogP contribution in [0.25, 0.3) is 0 Å².